The van der Waals surface area contributed by atoms with E-state index in [2.05, 4.69) is 15.2 Å². The predicted molar refractivity (Wildman–Crippen MR) is 73.8 cm³/mol. The highest BCUT2D eigenvalue weighted by molar-refractivity contribution is 5.97. The second-order valence-corrected chi connectivity index (χ2v) is 4.56. The van der Waals surface area contributed by atoms with Crippen molar-refractivity contribution in [2.24, 2.45) is 0 Å². The summed E-state index contributed by atoms with van der Waals surface area (Å²) in [4.78, 5) is 4.11. The molecule has 3 aromatic rings. The Balaban J connectivity index is 2.23. The number of anilines is 1. The molecular weight excluding hydrogens is 297 g/mol. The van der Waals surface area contributed by atoms with Gasteiger partial charge in [-0.3, -0.25) is 4.98 Å². The molecule has 0 radical (unpaired) electrons. The van der Waals surface area contributed by atoms with Gasteiger partial charge in [-0.1, -0.05) is 0 Å². The van der Waals surface area contributed by atoms with Crippen LogP contribution in [0.3, 0.4) is 0 Å². The van der Waals surface area contributed by atoms with Crippen molar-refractivity contribution in [1.82, 2.24) is 15.2 Å². The summed E-state index contributed by atoms with van der Waals surface area (Å²) in [6.07, 6.45) is -3.04. The van der Waals surface area contributed by atoms with E-state index in [0.29, 0.717) is 17.0 Å². The van der Waals surface area contributed by atoms with E-state index in [4.69, 9.17) is 5.73 Å². The highest BCUT2D eigenvalue weighted by Crippen LogP contribution is 2.37. The van der Waals surface area contributed by atoms with Gasteiger partial charge in [0.15, 0.2) is 5.82 Å². The Morgan fingerprint density at radius 1 is 1.09 bits per heavy atom. The number of halogens is 3. The molecule has 0 aliphatic heterocycles. The van der Waals surface area contributed by atoms with Crippen molar-refractivity contribution >= 4 is 16.7 Å². The number of hydrogen-bond donors (Lipinski definition) is 2. The van der Waals surface area contributed by atoms with Crippen molar-refractivity contribution < 1.29 is 18.3 Å². The molecule has 0 fully saturated rings. The maximum Gasteiger partial charge on any atom is 0.416 e. The first-order valence-electron chi connectivity index (χ1n) is 6.15. The minimum atomic E-state index is -4.54. The molecule has 8 heteroatoms. The number of pyridine rings is 1. The number of phenols is 1. The van der Waals surface area contributed by atoms with Crippen molar-refractivity contribution in [1.29, 1.82) is 0 Å². The quantitative estimate of drug-likeness (QED) is 0.722. The van der Waals surface area contributed by atoms with E-state index in [9.17, 15) is 18.3 Å². The Hall–Kier alpha value is -2.90. The van der Waals surface area contributed by atoms with Gasteiger partial charge >= 0.3 is 6.18 Å². The van der Waals surface area contributed by atoms with Crippen LogP contribution < -0.4 is 5.73 Å². The van der Waals surface area contributed by atoms with E-state index < -0.39 is 17.5 Å². The second-order valence-electron chi connectivity index (χ2n) is 4.56. The molecule has 0 spiro atoms. The molecule has 1 aromatic carbocycles. The van der Waals surface area contributed by atoms with E-state index in [1.54, 1.807) is 12.1 Å². The fraction of sp³-hybridized carbons (Fsp3) is 0.0714. The molecule has 2 aromatic heterocycles. The Kier molecular flexibility index (Phi) is 3.09. The number of nitrogen functional groups attached to an aromatic ring is 1. The molecule has 0 bridgehead atoms. The Labute approximate surface area is 122 Å². The van der Waals surface area contributed by atoms with Crippen molar-refractivity contribution in [3.63, 3.8) is 0 Å². The highest BCUT2D eigenvalue weighted by Gasteiger charge is 2.31. The molecule has 22 heavy (non-hydrogen) atoms. The molecule has 0 saturated heterocycles. The van der Waals surface area contributed by atoms with Crippen LogP contribution in [0.4, 0.5) is 19.0 Å². The summed E-state index contributed by atoms with van der Waals surface area (Å²) in [7, 11) is 0. The monoisotopic (exact) mass is 306 g/mol. The molecule has 0 aliphatic rings. The second kappa shape index (κ2) is 4.83. The molecule has 2 heterocycles. The summed E-state index contributed by atoms with van der Waals surface area (Å²) in [5.74, 6) is -0.404. The number of phenolic OH excluding ortho intramolecular Hbond substituents is 1. The summed E-state index contributed by atoms with van der Waals surface area (Å²) < 4.78 is 37.9. The van der Waals surface area contributed by atoms with E-state index in [0.717, 1.165) is 12.1 Å². The third-order valence-electron chi connectivity index (χ3n) is 3.15. The Bertz CT molecular complexity index is 864. The lowest BCUT2D eigenvalue weighted by Crippen LogP contribution is -2.05. The zero-order valence-electron chi connectivity index (χ0n) is 11.0. The van der Waals surface area contributed by atoms with Crippen molar-refractivity contribution in [3.8, 4) is 17.0 Å². The number of aromatic nitrogens is 3. The number of fused-ring (bicyclic) bond motifs is 1. The smallest absolute Gasteiger partial charge is 0.416 e. The maximum atomic E-state index is 12.6. The molecule has 0 aliphatic carbocycles. The minimum Gasteiger partial charge on any atom is -0.507 e. The third-order valence-corrected chi connectivity index (χ3v) is 3.15. The molecule has 112 valence electrons. The molecule has 3 N–H and O–H groups in total. The van der Waals surface area contributed by atoms with Gasteiger partial charge in [0.25, 0.3) is 0 Å². The third kappa shape index (κ3) is 2.28. The first kappa shape index (κ1) is 14.1. The highest BCUT2D eigenvalue weighted by atomic mass is 19.4. The number of aromatic hydroxyl groups is 1. The Morgan fingerprint density at radius 2 is 1.86 bits per heavy atom. The van der Waals surface area contributed by atoms with Crippen LogP contribution in [-0.4, -0.2) is 20.3 Å². The lowest BCUT2D eigenvalue weighted by atomic mass is 10.0. The molecule has 3 rings (SSSR count). The van der Waals surface area contributed by atoms with E-state index in [1.165, 1.54) is 6.20 Å². The van der Waals surface area contributed by atoms with Crippen molar-refractivity contribution in [3.05, 3.63) is 42.1 Å². The maximum absolute atomic E-state index is 12.6. The van der Waals surface area contributed by atoms with Crippen LogP contribution >= 0.6 is 0 Å². The predicted octanol–water partition coefficient (Wildman–Crippen LogP) is 3.00. The number of nitrogens with two attached hydrogens (primary N) is 1. The number of rotatable bonds is 1. The van der Waals surface area contributed by atoms with Gasteiger partial charge in [0.05, 0.1) is 5.56 Å². The van der Waals surface area contributed by atoms with Gasteiger partial charge in [-0.25, -0.2) is 0 Å². The molecular formula is C14H9F3N4O. The van der Waals surface area contributed by atoms with Gasteiger partial charge in [-0.2, -0.15) is 13.2 Å². The molecule has 0 amide bonds. The van der Waals surface area contributed by atoms with Gasteiger partial charge in [-0.15, -0.1) is 10.2 Å². The summed E-state index contributed by atoms with van der Waals surface area (Å²) in [6.45, 7) is 0. The first-order chi connectivity index (χ1) is 10.4. The van der Waals surface area contributed by atoms with Crippen LogP contribution in [-0.2, 0) is 6.18 Å². The van der Waals surface area contributed by atoms with Crippen LogP contribution in [0.1, 0.15) is 5.56 Å². The van der Waals surface area contributed by atoms with Gasteiger partial charge < -0.3 is 10.8 Å². The number of benzene rings is 1. The Morgan fingerprint density at radius 3 is 2.55 bits per heavy atom. The van der Waals surface area contributed by atoms with Gasteiger partial charge in [0.2, 0.25) is 0 Å². The zero-order chi connectivity index (χ0) is 15.9. The average Bonchev–Trinajstić information content (AvgIpc) is 2.47. The SMILES string of the molecule is Nc1nnc(-c2ccc(C(F)(F)F)cc2O)c2ncccc12. The average molecular weight is 306 g/mol. The standard InChI is InChI=1S/C14H9F3N4O/c15-14(16,17)7-3-4-8(10(22)6-7)12-11-9(2-1-5-19-11)13(18)21-20-12/h1-6,22H,(H2,18,21). The lowest BCUT2D eigenvalue weighted by molar-refractivity contribution is -0.137. The van der Waals surface area contributed by atoms with Crippen LogP contribution in [0, 0.1) is 0 Å². The number of alkyl halides is 3. The largest absolute Gasteiger partial charge is 0.507 e. The van der Waals surface area contributed by atoms with E-state index >= 15 is 0 Å². The van der Waals surface area contributed by atoms with Crippen molar-refractivity contribution in [2.75, 3.05) is 5.73 Å². The zero-order valence-corrected chi connectivity index (χ0v) is 11.0. The number of hydrogen-bond acceptors (Lipinski definition) is 5. The van der Waals surface area contributed by atoms with Crippen LogP contribution in [0.5, 0.6) is 5.75 Å². The van der Waals surface area contributed by atoms with Crippen molar-refractivity contribution in [2.45, 2.75) is 6.18 Å². The minimum absolute atomic E-state index is 0.101. The summed E-state index contributed by atoms with van der Waals surface area (Å²) in [6, 6.07) is 5.95. The van der Waals surface area contributed by atoms with Gasteiger partial charge in [0.1, 0.15) is 17.0 Å². The fourth-order valence-corrected chi connectivity index (χ4v) is 2.10. The molecule has 5 nitrogen and oxygen atoms in total. The fourth-order valence-electron chi connectivity index (χ4n) is 2.10. The summed E-state index contributed by atoms with van der Waals surface area (Å²) in [5.41, 5.74) is 5.36. The van der Waals surface area contributed by atoms with Crippen LogP contribution in [0.15, 0.2) is 36.5 Å². The van der Waals surface area contributed by atoms with E-state index in [1.807, 2.05) is 0 Å². The van der Waals surface area contributed by atoms with Gasteiger partial charge in [0, 0.05) is 17.1 Å². The van der Waals surface area contributed by atoms with Crippen LogP contribution in [0.25, 0.3) is 22.2 Å². The van der Waals surface area contributed by atoms with E-state index in [-0.39, 0.29) is 17.1 Å². The molecule has 0 atom stereocenters. The summed E-state index contributed by atoms with van der Waals surface area (Å²) >= 11 is 0. The summed E-state index contributed by atoms with van der Waals surface area (Å²) in [5, 5.41) is 18.0. The molecule has 0 saturated carbocycles. The number of nitrogens with zero attached hydrogens (tertiary/aromatic N) is 3. The normalized spacial score (nSPS) is 11.8. The van der Waals surface area contributed by atoms with Crippen LogP contribution in [0.2, 0.25) is 0 Å². The lowest BCUT2D eigenvalue weighted by Gasteiger charge is -2.11. The first-order valence-corrected chi connectivity index (χ1v) is 6.15. The van der Waals surface area contributed by atoms with Gasteiger partial charge in [-0.05, 0) is 30.3 Å². The topological polar surface area (TPSA) is 84.9 Å². The molecule has 0 unspecified atom stereocenters.